The van der Waals surface area contributed by atoms with E-state index in [4.69, 9.17) is 9.84 Å². The summed E-state index contributed by atoms with van der Waals surface area (Å²) >= 11 is 0. The standard InChI is InChI=1S/C12H14O3/c13-8-9-3-1-2-4-12(9)15-11-6-5-10(14)7-11/h1-4,11,13H,5-8H2. The summed E-state index contributed by atoms with van der Waals surface area (Å²) in [4.78, 5) is 11.1. The summed E-state index contributed by atoms with van der Waals surface area (Å²) in [5, 5.41) is 9.10. The maximum atomic E-state index is 11.1. The van der Waals surface area contributed by atoms with E-state index in [9.17, 15) is 4.79 Å². The van der Waals surface area contributed by atoms with Gasteiger partial charge in [-0.1, -0.05) is 18.2 Å². The highest BCUT2D eigenvalue weighted by Crippen LogP contribution is 2.24. The molecule has 0 heterocycles. The van der Waals surface area contributed by atoms with Gasteiger partial charge < -0.3 is 9.84 Å². The fourth-order valence-electron chi connectivity index (χ4n) is 1.81. The molecule has 0 bridgehead atoms. The minimum Gasteiger partial charge on any atom is -0.490 e. The van der Waals surface area contributed by atoms with E-state index in [1.54, 1.807) is 0 Å². The summed E-state index contributed by atoms with van der Waals surface area (Å²) in [6.07, 6.45) is 1.90. The molecular weight excluding hydrogens is 192 g/mol. The van der Waals surface area contributed by atoms with E-state index in [1.165, 1.54) is 0 Å². The van der Waals surface area contributed by atoms with E-state index in [1.807, 2.05) is 24.3 Å². The van der Waals surface area contributed by atoms with E-state index >= 15 is 0 Å². The van der Waals surface area contributed by atoms with Crippen molar-refractivity contribution in [2.45, 2.75) is 32.0 Å². The molecule has 3 heteroatoms. The fourth-order valence-corrected chi connectivity index (χ4v) is 1.81. The van der Waals surface area contributed by atoms with Gasteiger partial charge in [-0.3, -0.25) is 4.79 Å². The highest BCUT2D eigenvalue weighted by molar-refractivity contribution is 5.81. The molecule has 1 aromatic carbocycles. The van der Waals surface area contributed by atoms with E-state index in [-0.39, 0.29) is 18.5 Å². The van der Waals surface area contributed by atoms with Crippen molar-refractivity contribution in [3.05, 3.63) is 29.8 Å². The molecule has 3 nitrogen and oxygen atoms in total. The zero-order chi connectivity index (χ0) is 10.7. The number of hydrogen-bond acceptors (Lipinski definition) is 3. The Kier molecular flexibility index (Phi) is 3.02. The number of ketones is 1. The van der Waals surface area contributed by atoms with Crippen LogP contribution in [0.5, 0.6) is 5.75 Å². The van der Waals surface area contributed by atoms with Crippen molar-refractivity contribution in [1.29, 1.82) is 0 Å². The maximum Gasteiger partial charge on any atom is 0.136 e. The first-order valence-electron chi connectivity index (χ1n) is 5.16. The Hall–Kier alpha value is -1.35. The number of benzene rings is 1. The summed E-state index contributed by atoms with van der Waals surface area (Å²) in [6.45, 7) is -0.0309. The number of ether oxygens (including phenoxy) is 1. The third-order valence-electron chi connectivity index (χ3n) is 2.64. The number of carbonyl (C=O) groups excluding carboxylic acids is 1. The zero-order valence-electron chi connectivity index (χ0n) is 8.48. The van der Waals surface area contributed by atoms with Gasteiger partial charge in [0.05, 0.1) is 6.61 Å². The lowest BCUT2D eigenvalue weighted by molar-refractivity contribution is -0.117. The lowest BCUT2D eigenvalue weighted by atomic mass is 10.2. The second kappa shape index (κ2) is 4.45. The normalized spacial score (nSPS) is 20.6. The van der Waals surface area contributed by atoms with E-state index in [2.05, 4.69) is 0 Å². The quantitative estimate of drug-likeness (QED) is 0.818. The Labute approximate surface area is 88.7 Å². The minimum absolute atomic E-state index is 0.00907. The Balaban J connectivity index is 2.07. The first-order valence-corrected chi connectivity index (χ1v) is 5.16. The third-order valence-corrected chi connectivity index (χ3v) is 2.64. The van der Waals surface area contributed by atoms with Crippen molar-refractivity contribution in [1.82, 2.24) is 0 Å². The van der Waals surface area contributed by atoms with E-state index in [0.29, 0.717) is 18.6 Å². The van der Waals surface area contributed by atoms with Crippen LogP contribution < -0.4 is 4.74 Å². The molecule has 1 aliphatic rings. The van der Waals surface area contributed by atoms with Crippen LogP contribution in [0.2, 0.25) is 0 Å². The Morgan fingerprint density at radius 2 is 2.20 bits per heavy atom. The lowest BCUT2D eigenvalue weighted by Crippen LogP contribution is -2.13. The molecule has 1 saturated carbocycles. The minimum atomic E-state index is -0.0309. The van der Waals surface area contributed by atoms with Crippen molar-refractivity contribution in [3.63, 3.8) is 0 Å². The second-order valence-corrected chi connectivity index (χ2v) is 3.79. The van der Waals surface area contributed by atoms with Gasteiger partial charge in [-0.15, -0.1) is 0 Å². The molecule has 1 aromatic rings. The molecule has 1 atom stereocenters. The summed E-state index contributed by atoms with van der Waals surface area (Å²) < 4.78 is 5.69. The predicted octanol–water partition coefficient (Wildman–Crippen LogP) is 1.68. The molecule has 0 aromatic heterocycles. The Morgan fingerprint density at radius 1 is 1.40 bits per heavy atom. The molecule has 1 N–H and O–H groups in total. The predicted molar refractivity (Wildman–Crippen MR) is 55.6 cm³/mol. The van der Waals surface area contributed by atoms with Crippen LogP contribution >= 0.6 is 0 Å². The van der Waals surface area contributed by atoms with Gasteiger partial charge in [0.15, 0.2) is 0 Å². The van der Waals surface area contributed by atoms with Gasteiger partial charge in [0.1, 0.15) is 17.6 Å². The molecule has 0 spiro atoms. The molecule has 0 amide bonds. The maximum absolute atomic E-state index is 11.1. The molecule has 1 aliphatic carbocycles. The molecule has 15 heavy (non-hydrogen) atoms. The largest absolute Gasteiger partial charge is 0.490 e. The van der Waals surface area contributed by atoms with Crippen molar-refractivity contribution in [2.75, 3.05) is 0 Å². The van der Waals surface area contributed by atoms with E-state index in [0.717, 1.165) is 12.0 Å². The lowest BCUT2D eigenvalue weighted by Gasteiger charge is -2.14. The molecule has 0 saturated heterocycles. The van der Waals surface area contributed by atoms with Crippen LogP contribution in [0, 0.1) is 0 Å². The summed E-state index contributed by atoms with van der Waals surface area (Å²) in [7, 11) is 0. The molecule has 0 radical (unpaired) electrons. The topological polar surface area (TPSA) is 46.5 Å². The number of carbonyl (C=O) groups is 1. The Morgan fingerprint density at radius 3 is 2.87 bits per heavy atom. The van der Waals surface area contributed by atoms with Gasteiger partial charge in [0.25, 0.3) is 0 Å². The zero-order valence-corrected chi connectivity index (χ0v) is 8.48. The van der Waals surface area contributed by atoms with Gasteiger partial charge in [0.2, 0.25) is 0 Å². The highest BCUT2D eigenvalue weighted by Gasteiger charge is 2.24. The molecular formula is C12H14O3. The summed E-state index contributed by atoms with van der Waals surface area (Å²) in [5.74, 6) is 0.959. The van der Waals surface area contributed by atoms with Crippen LogP contribution in [0.1, 0.15) is 24.8 Å². The van der Waals surface area contributed by atoms with Gasteiger partial charge in [0, 0.05) is 18.4 Å². The van der Waals surface area contributed by atoms with Gasteiger partial charge in [-0.25, -0.2) is 0 Å². The van der Waals surface area contributed by atoms with Gasteiger partial charge in [-0.2, -0.15) is 0 Å². The molecule has 2 rings (SSSR count). The van der Waals surface area contributed by atoms with Gasteiger partial charge in [-0.05, 0) is 12.5 Å². The van der Waals surface area contributed by atoms with Crippen molar-refractivity contribution in [2.24, 2.45) is 0 Å². The van der Waals surface area contributed by atoms with Gasteiger partial charge >= 0.3 is 0 Å². The smallest absolute Gasteiger partial charge is 0.136 e. The fraction of sp³-hybridized carbons (Fsp3) is 0.417. The Bertz CT molecular complexity index is 360. The van der Waals surface area contributed by atoms with Crippen LogP contribution in [-0.4, -0.2) is 17.0 Å². The average molecular weight is 206 g/mol. The monoisotopic (exact) mass is 206 g/mol. The van der Waals surface area contributed by atoms with Crippen molar-refractivity contribution >= 4 is 5.78 Å². The summed E-state index contributed by atoms with van der Waals surface area (Å²) in [5.41, 5.74) is 0.775. The summed E-state index contributed by atoms with van der Waals surface area (Å²) in [6, 6.07) is 7.38. The SMILES string of the molecule is O=C1CCC(Oc2ccccc2CO)C1. The number of rotatable bonds is 3. The number of aliphatic hydroxyl groups is 1. The highest BCUT2D eigenvalue weighted by atomic mass is 16.5. The van der Waals surface area contributed by atoms with Crippen LogP contribution in [0.15, 0.2) is 24.3 Å². The first kappa shape index (κ1) is 10.2. The second-order valence-electron chi connectivity index (χ2n) is 3.79. The number of Topliss-reactive ketones (excluding diaryl/α,β-unsaturated/α-hetero) is 1. The molecule has 1 fully saturated rings. The van der Waals surface area contributed by atoms with Crippen LogP contribution in [0.4, 0.5) is 0 Å². The number of aliphatic hydroxyl groups excluding tert-OH is 1. The first-order chi connectivity index (χ1) is 7.29. The average Bonchev–Trinajstić information content (AvgIpc) is 2.65. The number of para-hydroxylation sites is 1. The third kappa shape index (κ3) is 2.36. The number of hydrogen-bond donors (Lipinski definition) is 1. The van der Waals surface area contributed by atoms with Crippen LogP contribution in [-0.2, 0) is 11.4 Å². The van der Waals surface area contributed by atoms with Crippen LogP contribution in [0.3, 0.4) is 0 Å². The van der Waals surface area contributed by atoms with Crippen LogP contribution in [0.25, 0.3) is 0 Å². The molecule has 80 valence electrons. The molecule has 0 aliphatic heterocycles. The van der Waals surface area contributed by atoms with E-state index < -0.39 is 0 Å². The molecule has 1 unspecified atom stereocenters. The van der Waals surface area contributed by atoms with Crippen molar-refractivity contribution < 1.29 is 14.6 Å². The van der Waals surface area contributed by atoms with Crippen molar-refractivity contribution in [3.8, 4) is 5.75 Å².